The number of hydrogen-bond donors (Lipinski definition) is 1. The van der Waals surface area contributed by atoms with Gasteiger partial charge in [-0.1, -0.05) is 6.07 Å². The number of imidazole rings is 1. The third-order valence-electron chi connectivity index (χ3n) is 3.32. The molecule has 1 aliphatic rings. The maximum absolute atomic E-state index is 8.92. The van der Waals surface area contributed by atoms with Gasteiger partial charge < -0.3 is 9.67 Å². The summed E-state index contributed by atoms with van der Waals surface area (Å²) in [6.45, 7) is 0.202. The van der Waals surface area contributed by atoms with Gasteiger partial charge >= 0.3 is 0 Å². The molecule has 1 aromatic carbocycles. The quantitative estimate of drug-likeness (QED) is 0.852. The molecule has 1 saturated carbocycles. The number of aliphatic hydroxyl groups excluding tert-OH is 1. The largest absolute Gasteiger partial charge is 0.396 e. The van der Waals surface area contributed by atoms with Gasteiger partial charge in [0, 0.05) is 19.6 Å². The van der Waals surface area contributed by atoms with Crippen molar-refractivity contribution in [3.8, 4) is 0 Å². The summed E-state index contributed by atoms with van der Waals surface area (Å²) in [6.07, 6.45) is 3.27. The molecule has 3 nitrogen and oxygen atoms in total. The highest BCUT2D eigenvalue weighted by molar-refractivity contribution is 5.77. The Bertz CT molecular complexity index is 526. The second-order valence-electron chi connectivity index (χ2n) is 4.60. The predicted molar refractivity (Wildman–Crippen MR) is 63.5 cm³/mol. The van der Waals surface area contributed by atoms with Crippen molar-refractivity contribution < 1.29 is 5.11 Å². The zero-order valence-electron chi connectivity index (χ0n) is 9.48. The highest BCUT2D eigenvalue weighted by atomic mass is 16.2. The fourth-order valence-corrected chi connectivity index (χ4v) is 2.26. The van der Waals surface area contributed by atoms with Gasteiger partial charge in [0.2, 0.25) is 0 Å². The number of fused-ring (bicyclic) bond motifs is 1. The lowest BCUT2D eigenvalue weighted by atomic mass is 10.1. The van der Waals surface area contributed by atoms with E-state index in [4.69, 9.17) is 10.1 Å². The SMILES string of the molecule is Cn1c(C2CC2)nc2cc(CCO)ccc21. The van der Waals surface area contributed by atoms with Crippen molar-refractivity contribution >= 4 is 11.0 Å². The molecule has 0 atom stereocenters. The van der Waals surface area contributed by atoms with Gasteiger partial charge in [-0.2, -0.15) is 0 Å². The minimum atomic E-state index is 0.202. The van der Waals surface area contributed by atoms with Crippen LogP contribution in [0.15, 0.2) is 18.2 Å². The summed E-state index contributed by atoms with van der Waals surface area (Å²) in [5.41, 5.74) is 3.43. The Kier molecular flexibility index (Phi) is 2.21. The summed E-state index contributed by atoms with van der Waals surface area (Å²) in [5.74, 6) is 1.90. The van der Waals surface area contributed by atoms with E-state index in [1.165, 1.54) is 24.2 Å². The van der Waals surface area contributed by atoms with E-state index in [1.54, 1.807) is 0 Å². The summed E-state index contributed by atoms with van der Waals surface area (Å²) in [4.78, 5) is 4.70. The van der Waals surface area contributed by atoms with Crippen LogP contribution >= 0.6 is 0 Å². The third kappa shape index (κ3) is 1.52. The van der Waals surface area contributed by atoms with E-state index in [2.05, 4.69) is 29.8 Å². The van der Waals surface area contributed by atoms with Crippen molar-refractivity contribution in [3.05, 3.63) is 29.6 Å². The van der Waals surface area contributed by atoms with Crippen LogP contribution in [0.5, 0.6) is 0 Å². The Hall–Kier alpha value is -1.35. The second-order valence-corrected chi connectivity index (χ2v) is 4.60. The second kappa shape index (κ2) is 3.59. The first kappa shape index (κ1) is 9.85. The van der Waals surface area contributed by atoms with Gasteiger partial charge in [-0.15, -0.1) is 0 Å². The maximum Gasteiger partial charge on any atom is 0.112 e. The number of aryl methyl sites for hydroxylation is 1. The van der Waals surface area contributed by atoms with Gasteiger partial charge in [-0.05, 0) is 37.0 Å². The molecule has 0 amide bonds. The normalized spacial score (nSPS) is 15.9. The first-order valence-electron chi connectivity index (χ1n) is 5.85. The molecule has 1 aliphatic carbocycles. The van der Waals surface area contributed by atoms with Gasteiger partial charge in [0.25, 0.3) is 0 Å². The summed E-state index contributed by atoms with van der Waals surface area (Å²) in [6, 6.07) is 6.29. The van der Waals surface area contributed by atoms with Crippen LogP contribution < -0.4 is 0 Å². The highest BCUT2D eigenvalue weighted by Gasteiger charge is 2.28. The van der Waals surface area contributed by atoms with Gasteiger partial charge in [0.05, 0.1) is 11.0 Å². The van der Waals surface area contributed by atoms with Crippen LogP contribution in [-0.4, -0.2) is 21.3 Å². The zero-order chi connectivity index (χ0) is 11.1. The molecule has 0 bridgehead atoms. The van der Waals surface area contributed by atoms with Crippen molar-refractivity contribution in [3.63, 3.8) is 0 Å². The zero-order valence-corrected chi connectivity index (χ0v) is 9.48. The molecule has 84 valence electrons. The summed E-state index contributed by atoms with van der Waals surface area (Å²) < 4.78 is 2.20. The first-order chi connectivity index (χ1) is 7.79. The van der Waals surface area contributed by atoms with Crippen LogP contribution in [0.3, 0.4) is 0 Å². The standard InChI is InChI=1S/C13H16N2O/c1-15-12-5-2-9(6-7-16)8-11(12)14-13(15)10-3-4-10/h2,5,8,10,16H,3-4,6-7H2,1H3. The molecular formula is C13H16N2O. The minimum Gasteiger partial charge on any atom is -0.396 e. The Labute approximate surface area is 94.7 Å². The molecule has 0 aliphatic heterocycles. The number of hydrogen-bond acceptors (Lipinski definition) is 2. The third-order valence-corrected chi connectivity index (χ3v) is 3.32. The monoisotopic (exact) mass is 216 g/mol. The van der Waals surface area contributed by atoms with Crippen LogP contribution in [-0.2, 0) is 13.5 Å². The van der Waals surface area contributed by atoms with E-state index in [9.17, 15) is 0 Å². The molecule has 1 heterocycles. The van der Waals surface area contributed by atoms with Gasteiger partial charge in [-0.3, -0.25) is 0 Å². The molecule has 16 heavy (non-hydrogen) atoms. The van der Waals surface area contributed by atoms with E-state index < -0.39 is 0 Å². The number of aliphatic hydroxyl groups is 1. The number of aromatic nitrogens is 2. The molecule has 0 spiro atoms. The molecule has 2 aromatic rings. The smallest absolute Gasteiger partial charge is 0.112 e. The molecule has 1 N–H and O–H groups in total. The Balaban J connectivity index is 2.09. The number of rotatable bonds is 3. The van der Waals surface area contributed by atoms with Crippen molar-refractivity contribution in [1.82, 2.24) is 9.55 Å². The molecular weight excluding hydrogens is 200 g/mol. The predicted octanol–water partition coefficient (Wildman–Crippen LogP) is 1.99. The molecule has 3 rings (SSSR count). The van der Waals surface area contributed by atoms with Crippen molar-refractivity contribution in [2.45, 2.75) is 25.2 Å². The van der Waals surface area contributed by atoms with E-state index in [0.717, 1.165) is 11.1 Å². The van der Waals surface area contributed by atoms with Gasteiger partial charge in [0.1, 0.15) is 5.82 Å². The van der Waals surface area contributed by atoms with E-state index in [0.29, 0.717) is 12.3 Å². The van der Waals surface area contributed by atoms with E-state index in [-0.39, 0.29) is 6.61 Å². The Morgan fingerprint density at radius 3 is 2.94 bits per heavy atom. The maximum atomic E-state index is 8.92. The van der Waals surface area contributed by atoms with Crippen LogP contribution in [0.2, 0.25) is 0 Å². The number of nitrogens with zero attached hydrogens (tertiary/aromatic N) is 2. The molecule has 1 fully saturated rings. The summed E-state index contributed by atoms with van der Waals surface area (Å²) in [5, 5.41) is 8.92. The Morgan fingerprint density at radius 2 is 2.25 bits per heavy atom. The van der Waals surface area contributed by atoms with Crippen LogP contribution in [0.1, 0.15) is 30.1 Å². The highest BCUT2D eigenvalue weighted by Crippen LogP contribution is 2.40. The minimum absolute atomic E-state index is 0.202. The average molecular weight is 216 g/mol. The molecule has 0 radical (unpaired) electrons. The lowest BCUT2D eigenvalue weighted by Crippen LogP contribution is -1.94. The lowest BCUT2D eigenvalue weighted by molar-refractivity contribution is 0.299. The van der Waals surface area contributed by atoms with Gasteiger partial charge in [-0.25, -0.2) is 4.98 Å². The van der Waals surface area contributed by atoms with Gasteiger partial charge in [0.15, 0.2) is 0 Å². The van der Waals surface area contributed by atoms with Crippen LogP contribution in [0.25, 0.3) is 11.0 Å². The van der Waals surface area contributed by atoms with E-state index in [1.807, 2.05) is 0 Å². The van der Waals surface area contributed by atoms with E-state index >= 15 is 0 Å². The van der Waals surface area contributed by atoms with Crippen molar-refractivity contribution in [2.24, 2.45) is 7.05 Å². The summed E-state index contributed by atoms with van der Waals surface area (Å²) in [7, 11) is 2.09. The average Bonchev–Trinajstić information content (AvgIpc) is 3.06. The fourth-order valence-electron chi connectivity index (χ4n) is 2.26. The fraction of sp³-hybridized carbons (Fsp3) is 0.462. The number of benzene rings is 1. The van der Waals surface area contributed by atoms with Crippen molar-refractivity contribution in [1.29, 1.82) is 0 Å². The van der Waals surface area contributed by atoms with Crippen LogP contribution in [0, 0.1) is 0 Å². The lowest BCUT2D eigenvalue weighted by Gasteiger charge is -2.00. The Morgan fingerprint density at radius 1 is 1.44 bits per heavy atom. The van der Waals surface area contributed by atoms with Crippen molar-refractivity contribution in [2.75, 3.05) is 6.61 Å². The molecule has 0 unspecified atom stereocenters. The first-order valence-corrected chi connectivity index (χ1v) is 5.85. The molecule has 1 aromatic heterocycles. The topological polar surface area (TPSA) is 38.0 Å². The van der Waals surface area contributed by atoms with Crippen LogP contribution in [0.4, 0.5) is 0 Å². The summed E-state index contributed by atoms with van der Waals surface area (Å²) >= 11 is 0. The molecule has 3 heteroatoms. The molecule has 0 saturated heterocycles.